The third kappa shape index (κ3) is 1.52. The molecule has 2 heterocycles. The summed E-state index contributed by atoms with van der Waals surface area (Å²) < 4.78 is 1.73. The van der Waals surface area contributed by atoms with Gasteiger partial charge in [0.15, 0.2) is 5.82 Å². The molecule has 14 heavy (non-hydrogen) atoms. The van der Waals surface area contributed by atoms with Gasteiger partial charge in [0.05, 0.1) is 0 Å². The van der Waals surface area contributed by atoms with Crippen LogP contribution in [0.4, 0.5) is 0 Å². The van der Waals surface area contributed by atoms with Crippen molar-refractivity contribution in [2.75, 3.05) is 0 Å². The molecule has 4 nitrogen and oxygen atoms in total. The smallest absolute Gasteiger partial charge is 0.153 e. The first kappa shape index (κ1) is 8.90. The number of nitrogens with zero attached hydrogens (tertiary/aromatic N) is 3. The molecule has 4 heteroatoms. The van der Waals surface area contributed by atoms with Gasteiger partial charge in [0.1, 0.15) is 0 Å². The Balaban J connectivity index is 2.43. The third-order valence-electron chi connectivity index (χ3n) is 2.14. The van der Waals surface area contributed by atoms with Crippen molar-refractivity contribution in [3.05, 3.63) is 41.9 Å². The van der Waals surface area contributed by atoms with Crippen LogP contribution in [0.2, 0.25) is 0 Å². The van der Waals surface area contributed by atoms with Gasteiger partial charge >= 0.3 is 0 Å². The number of rotatable bonds is 2. The van der Waals surface area contributed by atoms with Crippen LogP contribution in [0.25, 0.3) is 5.82 Å². The highest BCUT2D eigenvalue weighted by molar-refractivity contribution is 5.29. The Morgan fingerprint density at radius 1 is 1.43 bits per heavy atom. The number of hydrogen-bond donors (Lipinski definition) is 1. The van der Waals surface area contributed by atoms with E-state index in [9.17, 15) is 0 Å². The van der Waals surface area contributed by atoms with Crippen LogP contribution < -0.4 is 5.73 Å². The standard InChI is InChI=1S/C10H12N4/c1-8-9(7-11)3-4-10(13-8)14-6-2-5-12-14/h2-6H,7,11H2,1H3. The van der Waals surface area contributed by atoms with E-state index in [1.807, 2.05) is 31.3 Å². The van der Waals surface area contributed by atoms with E-state index in [0.717, 1.165) is 17.1 Å². The molecule has 0 spiro atoms. The first-order chi connectivity index (χ1) is 6.81. The number of pyridine rings is 1. The Morgan fingerprint density at radius 2 is 2.29 bits per heavy atom. The predicted molar refractivity (Wildman–Crippen MR) is 54.0 cm³/mol. The Morgan fingerprint density at radius 3 is 2.86 bits per heavy atom. The summed E-state index contributed by atoms with van der Waals surface area (Å²) in [6.07, 6.45) is 3.59. The third-order valence-corrected chi connectivity index (χ3v) is 2.14. The van der Waals surface area contributed by atoms with Crippen molar-refractivity contribution in [2.24, 2.45) is 5.73 Å². The molecule has 72 valence electrons. The van der Waals surface area contributed by atoms with Crippen molar-refractivity contribution < 1.29 is 0 Å². The summed E-state index contributed by atoms with van der Waals surface area (Å²) in [4.78, 5) is 4.41. The van der Waals surface area contributed by atoms with Crippen LogP contribution in [0.3, 0.4) is 0 Å². The van der Waals surface area contributed by atoms with Crippen molar-refractivity contribution in [1.82, 2.24) is 14.8 Å². The Hall–Kier alpha value is -1.68. The molecule has 0 atom stereocenters. The highest BCUT2D eigenvalue weighted by Crippen LogP contribution is 2.08. The second-order valence-corrected chi connectivity index (χ2v) is 3.07. The average molecular weight is 188 g/mol. The van der Waals surface area contributed by atoms with E-state index in [1.54, 1.807) is 10.9 Å². The summed E-state index contributed by atoms with van der Waals surface area (Å²) in [6, 6.07) is 5.77. The van der Waals surface area contributed by atoms with Crippen LogP contribution >= 0.6 is 0 Å². The minimum absolute atomic E-state index is 0.526. The monoisotopic (exact) mass is 188 g/mol. The Kier molecular flexibility index (Phi) is 2.28. The zero-order valence-corrected chi connectivity index (χ0v) is 8.01. The number of nitrogens with two attached hydrogens (primary N) is 1. The van der Waals surface area contributed by atoms with Gasteiger partial charge in [-0.05, 0) is 24.6 Å². The fourth-order valence-electron chi connectivity index (χ4n) is 1.32. The van der Waals surface area contributed by atoms with Crippen LogP contribution in [0, 0.1) is 6.92 Å². The maximum Gasteiger partial charge on any atom is 0.153 e. The second kappa shape index (κ2) is 3.59. The molecule has 2 N–H and O–H groups in total. The molecule has 2 rings (SSSR count). The molecule has 0 fully saturated rings. The minimum atomic E-state index is 0.526. The van der Waals surface area contributed by atoms with Gasteiger partial charge in [0, 0.05) is 24.6 Å². The van der Waals surface area contributed by atoms with Crippen molar-refractivity contribution >= 4 is 0 Å². The molecule has 0 saturated heterocycles. The number of hydrogen-bond acceptors (Lipinski definition) is 3. The van der Waals surface area contributed by atoms with Crippen LogP contribution in [0.5, 0.6) is 0 Å². The van der Waals surface area contributed by atoms with E-state index in [1.165, 1.54) is 0 Å². The van der Waals surface area contributed by atoms with Gasteiger partial charge < -0.3 is 5.73 Å². The summed E-state index contributed by atoms with van der Waals surface area (Å²) in [7, 11) is 0. The van der Waals surface area contributed by atoms with E-state index < -0.39 is 0 Å². The molecule has 0 amide bonds. The van der Waals surface area contributed by atoms with Gasteiger partial charge in [0.2, 0.25) is 0 Å². The van der Waals surface area contributed by atoms with Crippen molar-refractivity contribution in [2.45, 2.75) is 13.5 Å². The Labute approximate surface area is 82.4 Å². The molecular weight excluding hydrogens is 176 g/mol. The van der Waals surface area contributed by atoms with Crippen molar-refractivity contribution in [1.29, 1.82) is 0 Å². The second-order valence-electron chi connectivity index (χ2n) is 3.07. The van der Waals surface area contributed by atoms with Gasteiger partial charge in [-0.15, -0.1) is 0 Å². The Bertz CT molecular complexity index is 420. The zero-order valence-electron chi connectivity index (χ0n) is 8.01. The lowest BCUT2D eigenvalue weighted by atomic mass is 10.2. The lowest BCUT2D eigenvalue weighted by Gasteiger charge is -2.05. The van der Waals surface area contributed by atoms with E-state index in [2.05, 4.69) is 10.1 Å². The van der Waals surface area contributed by atoms with E-state index in [-0.39, 0.29) is 0 Å². The highest BCUT2D eigenvalue weighted by Gasteiger charge is 2.01. The van der Waals surface area contributed by atoms with Gasteiger partial charge in [-0.25, -0.2) is 9.67 Å². The molecule has 0 bridgehead atoms. The fourth-order valence-corrected chi connectivity index (χ4v) is 1.32. The summed E-state index contributed by atoms with van der Waals surface area (Å²) in [5.74, 6) is 0.824. The maximum absolute atomic E-state index is 5.56. The molecule has 2 aromatic rings. The summed E-state index contributed by atoms with van der Waals surface area (Å²) in [5.41, 5.74) is 7.59. The quantitative estimate of drug-likeness (QED) is 0.766. The van der Waals surface area contributed by atoms with Gasteiger partial charge in [-0.3, -0.25) is 0 Å². The van der Waals surface area contributed by atoms with Crippen LogP contribution in [-0.2, 0) is 6.54 Å². The topological polar surface area (TPSA) is 56.7 Å². The minimum Gasteiger partial charge on any atom is -0.326 e. The summed E-state index contributed by atoms with van der Waals surface area (Å²) >= 11 is 0. The predicted octanol–water partition coefficient (Wildman–Crippen LogP) is 1.03. The molecular formula is C10H12N4. The molecule has 0 aliphatic carbocycles. The largest absolute Gasteiger partial charge is 0.326 e. The van der Waals surface area contributed by atoms with E-state index >= 15 is 0 Å². The van der Waals surface area contributed by atoms with E-state index in [4.69, 9.17) is 5.73 Å². The first-order valence-electron chi connectivity index (χ1n) is 4.48. The van der Waals surface area contributed by atoms with Gasteiger partial charge in [-0.1, -0.05) is 6.07 Å². The molecule has 0 aliphatic rings. The molecule has 0 aliphatic heterocycles. The number of aromatic nitrogens is 3. The van der Waals surface area contributed by atoms with Crippen LogP contribution in [-0.4, -0.2) is 14.8 Å². The molecule has 2 aromatic heterocycles. The molecule has 0 aromatic carbocycles. The van der Waals surface area contributed by atoms with Gasteiger partial charge in [-0.2, -0.15) is 5.10 Å². The molecule has 0 saturated carbocycles. The average Bonchev–Trinajstić information content (AvgIpc) is 2.70. The fraction of sp³-hybridized carbons (Fsp3) is 0.200. The normalized spacial score (nSPS) is 10.4. The molecule has 0 radical (unpaired) electrons. The van der Waals surface area contributed by atoms with Crippen LogP contribution in [0.1, 0.15) is 11.3 Å². The van der Waals surface area contributed by atoms with E-state index in [0.29, 0.717) is 6.54 Å². The highest BCUT2D eigenvalue weighted by atomic mass is 15.3. The van der Waals surface area contributed by atoms with Crippen LogP contribution in [0.15, 0.2) is 30.6 Å². The first-order valence-corrected chi connectivity index (χ1v) is 4.48. The summed E-state index contributed by atoms with van der Waals surface area (Å²) in [6.45, 7) is 2.48. The SMILES string of the molecule is Cc1nc(-n2cccn2)ccc1CN. The number of aryl methyl sites for hydroxylation is 1. The maximum atomic E-state index is 5.56. The molecule has 0 unspecified atom stereocenters. The van der Waals surface area contributed by atoms with Crippen molar-refractivity contribution in [3.63, 3.8) is 0 Å². The lowest BCUT2D eigenvalue weighted by Crippen LogP contribution is -2.04. The van der Waals surface area contributed by atoms with Crippen molar-refractivity contribution in [3.8, 4) is 5.82 Å². The van der Waals surface area contributed by atoms with Gasteiger partial charge in [0.25, 0.3) is 0 Å². The lowest BCUT2D eigenvalue weighted by molar-refractivity contribution is 0.834. The zero-order chi connectivity index (χ0) is 9.97. The summed E-state index contributed by atoms with van der Waals surface area (Å²) in [5, 5.41) is 4.11.